The first-order valence-electron chi connectivity index (χ1n) is 7.60. The van der Waals surface area contributed by atoms with Crippen molar-refractivity contribution in [2.45, 2.75) is 25.8 Å². The molecule has 0 bridgehead atoms. The number of benzene rings is 1. The summed E-state index contributed by atoms with van der Waals surface area (Å²) in [6, 6.07) is 6.81. The molecule has 0 aliphatic carbocycles. The van der Waals surface area contributed by atoms with Crippen molar-refractivity contribution in [1.82, 2.24) is 10.2 Å². The minimum atomic E-state index is 0.353. The quantitative estimate of drug-likeness (QED) is 0.896. The topological polar surface area (TPSA) is 33.7 Å². The van der Waals surface area contributed by atoms with Crippen molar-refractivity contribution in [1.29, 1.82) is 0 Å². The van der Waals surface area contributed by atoms with E-state index in [1.54, 1.807) is 0 Å². The predicted octanol–water partition coefficient (Wildman–Crippen LogP) is 2.16. The highest BCUT2D eigenvalue weighted by atomic mass is 16.7. The number of likely N-dealkylation sites (tertiary alicyclic amines) is 1. The molecule has 4 rings (SSSR count). The summed E-state index contributed by atoms with van der Waals surface area (Å²) in [6.07, 6.45) is 2.66. The van der Waals surface area contributed by atoms with Gasteiger partial charge in [0.05, 0.1) is 0 Å². The van der Waals surface area contributed by atoms with Crippen molar-refractivity contribution < 1.29 is 9.47 Å². The molecule has 4 nitrogen and oxygen atoms in total. The van der Waals surface area contributed by atoms with Crippen LogP contribution in [0.1, 0.15) is 31.4 Å². The Hall–Kier alpha value is -1.26. The maximum absolute atomic E-state index is 5.49. The van der Waals surface area contributed by atoms with E-state index >= 15 is 0 Å². The number of nitrogens with zero attached hydrogens (tertiary/aromatic N) is 1. The minimum Gasteiger partial charge on any atom is -0.454 e. The summed E-state index contributed by atoms with van der Waals surface area (Å²) in [5.74, 6) is 1.77. The fourth-order valence-corrected chi connectivity index (χ4v) is 3.83. The lowest BCUT2D eigenvalue weighted by Crippen LogP contribution is -2.30. The van der Waals surface area contributed by atoms with E-state index in [1.165, 1.54) is 44.6 Å². The van der Waals surface area contributed by atoms with Gasteiger partial charge in [0.15, 0.2) is 11.5 Å². The summed E-state index contributed by atoms with van der Waals surface area (Å²) in [4.78, 5) is 2.62. The van der Waals surface area contributed by atoms with Crippen LogP contribution >= 0.6 is 0 Å². The Morgan fingerprint density at radius 3 is 3.00 bits per heavy atom. The zero-order valence-electron chi connectivity index (χ0n) is 12.0. The number of fused-ring (bicyclic) bond motifs is 1. The van der Waals surface area contributed by atoms with Crippen LogP contribution in [-0.4, -0.2) is 37.9 Å². The molecule has 0 saturated carbocycles. The van der Waals surface area contributed by atoms with Crippen molar-refractivity contribution in [3.05, 3.63) is 23.8 Å². The van der Waals surface area contributed by atoms with Crippen LogP contribution in [0.15, 0.2) is 18.2 Å². The van der Waals surface area contributed by atoms with Crippen LogP contribution in [0.2, 0.25) is 0 Å². The van der Waals surface area contributed by atoms with Crippen molar-refractivity contribution in [2.24, 2.45) is 5.41 Å². The van der Waals surface area contributed by atoms with E-state index in [2.05, 4.69) is 29.3 Å². The summed E-state index contributed by atoms with van der Waals surface area (Å²) in [7, 11) is 0. The van der Waals surface area contributed by atoms with Gasteiger partial charge in [0, 0.05) is 19.1 Å². The van der Waals surface area contributed by atoms with Crippen LogP contribution in [0, 0.1) is 5.41 Å². The molecule has 0 aromatic heterocycles. The monoisotopic (exact) mass is 274 g/mol. The Morgan fingerprint density at radius 2 is 2.15 bits per heavy atom. The Morgan fingerprint density at radius 1 is 1.25 bits per heavy atom. The molecule has 2 fully saturated rings. The van der Waals surface area contributed by atoms with Gasteiger partial charge >= 0.3 is 0 Å². The third kappa shape index (κ3) is 1.98. The van der Waals surface area contributed by atoms with E-state index in [-0.39, 0.29) is 0 Å². The largest absolute Gasteiger partial charge is 0.454 e. The van der Waals surface area contributed by atoms with E-state index < -0.39 is 0 Å². The van der Waals surface area contributed by atoms with E-state index in [4.69, 9.17) is 9.47 Å². The molecule has 4 heteroatoms. The van der Waals surface area contributed by atoms with Crippen LogP contribution in [-0.2, 0) is 0 Å². The van der Waals surface area contributed by atoms with Gasteiger partial charge < -0.3 is 14.8 Å². The fraction of sp³-hybridized carbons (Fsp3) is 0.625. The second kappa shape index (κ2) is 4.64. The molecule has 2 saturated heterocycles. The summed E-state index contributed by atoms with van der Waals surface area (Å²) < 4.78 is 10.9. The van der Waals surface area contributed by atoms with Gasteiger partial charge in [0.2, 0.25) is 6.79 Å². The molecule has 2 unspecified atom stereocenters. The second-order valence-electron chi connectivity index (χ2n) is 6.44. The first-order valence-corrected chi connectivity index (χ1v) is 7.60. The lowest BCUT2D eigenvalue weighted by Gasteiger charge is -2.27. The molecule has 1 spiro atoms. The van der Waals surface area contributed by atoms with Crippen molar-refractivity contribution >= 4 is 0 Å². The minimum absolute atomic E-state index is 0.353. The average molecular weight is 274 g/mol. The van der Waals surface area contributed by atoms with Gasteiger partial charge in [0.1, 0.15) is 0 Å². The van der Waals surface area contributed by atoms with E-state index in [0.717, 1.165) is 11.5 Å². The summed E-state index contributed by atoms with van der Waals surface area (Å²) >= 11 is 0. The molecule has 0 radical (unpaired) electrons. The van der Waals surface area contributed by atoms with Crippen LogP contribution < -0.4 is 14.8 Å². The molecule has 20 heavy (non-hydrogen) atoms. The van der Waals surface area contributed by atoms with Gasteiger partial charge in [-0.25, -0.2) is 0 Å². The molecule has 1 N–H and O–H groups in total. The van der Waals surface area contributed by atoms with E-state index in [9.17, 15) is 0 Å². The molecule has 3 aliphatic rings. The molecule has 1 aromatic rings. The van der Waals surface area contributed by atoms with Crippen LogP contribution in [0.4, 0.5) is 0 Å². The van der Waals surface area contributed by atoms with E-state index in [0.29, 0.717) is 18.2 Å². The van der Waals surface area contributed by atoms with Crippen LogP contribution in [0.5, 0.6) is 11.5 Å². The van der Waals surface area contributed by atoms with Gasteiger partial charge in [-0.05, 0) is 56.0 Å². The highest BCUT2D eigenvalue weighted by Gasteiger charge is 2.41. The third-order valence-corrected chi connectivity index (χ3v) is 5.23. The SMILES string of the molecule is CC(c1ccc2c(c1)OCO2)N1CCC2(CCNC2)C1. The zero-order valence-corrected chi connectivity index (χ0v) is 12.0. The zero-order chi connectivity index (χ0) is 13.6. The normalized spacial score (nSPS) is 30.2. The third-order valence-electron chi connectivity index (χ3n) is 5.23. The first kappa shape index (κ1) is 12.5. The Kier molecular flexibility index (Phi) is 2.89. The molecule has 108 valence electrons. The molecule has 0 amide bonds. The first-order chi connectivity index (χ1) is 9.76. The van der Waals surface area contributed by atoms with Gasteiger partial charge in [-0.15, -0.1) is 0 Å². The van der Waals surface area contributed by atoms with Gasteiger partial charge in [-0.3, -0.25) is 4.90 Å². The molecular weight excluding hydrogens is 252 g/mol. The highest BCUT2D eigenvalue weighted by molar-refractivity contribution is 5.45. The number of hydrogen-bond acceptors (Lipinski definition) is 4. The predicted molar refractivity (Wildman–Crippen MR) is 77.1 cm³/mol. The summed E-state index contributed by atoms with van der Waals surface area (Å²) in [5, 5.41) is 3.53. The second-order valence-corrected chi connectivity index (χ2v) is 6.44. The van der Waals surface area contributed by atoms with Gasteiger partial charge in [-0.2, -0.15) is 0 Å². The lowest BCUT2D eigenvalue weighted by molar-refractivity contribution is 0.173. The van der Waals surface area contributed by atoms with Crippen molar-refractivity contribution in [3.8, 4) is 11.5 Å². The maximum Gasteiger partial charge on any atom is 0.231 e. The number of ether oxygens (including phenoxy) is 2. The summed E-state index contributed by atoms with van der Waals surface area (Å²) in [6.45, 7) is 7.46. The van der Waals surface area contributed by atoms with Gasteiger partial charge in [0.25, 0.3) is 0 Å². The van der Waals surface area contributed by atoms with E-state index in [1.807, 2.05) is 6.07 Å². The number of rotatable bonds is 2. The van der Waals surface area contributed by atoms with Gasteiger partial charge in [-0.1, -0.05) is 6.07 Å². The molecule has 3 heterocycles. The Bertz CT molecular complexity index is 511. The molecule has 2 atom stereocenters. The average Bonchev–Trinajstić information content (AvgIpc) is 3.19. The number of hydrogen-bond donors (Lipinski definition) is 1. The number of nitrogens with one attached hydrogen (secondary N) is 1. The fourth-order valence-electron chi connectivity index (χ4n) is 3.83. The van der Waals surface area contributed by atoms with Crippen molar-refractivity contribution in [2.75, 3.05) is 33.0 Å². The Labute approximate surface area is 120 Å². The lowest BCUT2D eigenvalue weighted by atomic mass is 9.86. The maximum atomic E-state index is 5.49. The molecule has 1 aromatic carbocycles. The van der Waals surface area contributed by atoms with Crippen LogP contribution in [0.25, 0.3) is 0 Å². The molecule has 3 aliphatic heterocycles. The summed E-state index contributed by atoms with van der Waals surface area (Å²) in [5.41, 5.74) is 1.86. The van der Waals surface area contributed by atoms with Crippen molar-refractivity contribution in [3.63, 3.8) is 0 Å². The molecular formula is C16H22N2O2. The highest BCUT2D eigenvalue weighted by Crippen LogP contribution is 2.41. The Balaban J connectivity index is 1.51. The van der Waals surface area contributed by atoms with Crippen LogP contribution in [0.3, 0.4) is 0 Å². The standard InChI is InChI=1S/C16H22N2O2/c1-12(13-2-3-14-15(8-13)20-11-19-14)18-7-5-16(10-18)4-6-17-9-16/h2-3,8,12,17H,4-7,9-11H2,1H3. The smallest absolute Gasteiger partial charge is 0.231 e.